The number of hydrogen-bond acceptors (Lipinski definition) is 4. The van der Waals surface area contributed by atoms with Gasteiger partial charge in [-0.25, -0.2) is 0 Å². The summed E-state index contributed by atoms with van der Waals surface area (Å²) in [7, 11) is 1.64. The summed E-state index contributed by atoms with van der Waals surface area (Å²) in [6.07, 6.45) is 8.37. The van der Waals surface area contributed by atoms with Gasteiger partial charge in [0.25, 0.3) is 0 Å². The zero-order chi connectivity index (χ0) is 27.7. The number of ether oxygens (including phenoxy) is 3. The van der Waals surface area contributed by atoms with Crippen molar-refractivity contribution in [3.8, 4) is 23.3 Å². The van der Waals surface area contributed by atoms with Gasteiger partial charge in [-0.3, -0.25) is 4.79 Å². The van der Waals surface area contributed by atoms with E-state index in [2.05, 4.69) is 37.5 Å². The van der Waals surface area contributed by atoms with Crippen LogP contribution in [0.3, 0.4) is 0 Å². The van der Waals surface area contributed by atoms with E-state index in [0.29, 0.717) is 37.4 Å². The topological polar surface area (TPSA) is 44.8 Å². The van der Waals surface area contributed by atoms with Gasteiger partial charge in [0.1, 0.15) is 18.1 Å². The van der Waals surface area contributed by atoms with Crippen LogP contribution in [0.1, 0.15) is 72.5 Å². The van der Waals surface area contributed by atoms with Crippen molar-refractivity contribution in [2.45, 2.75) is 71.2 Å². The summed E-state index contributed by atoms with van der Waals surface area (Å²) in [6.45, 7) is 7.06. The zero-order valence-electron chi connectivity index (χ0n) is 23.3. The van der Waals surface area contributed by atoms with Crippen molar-refractivity contribution in [1.82, 2.24) is 0 Å². The lowest BCUT2D eigenvalue weighted by Gasteiger charge is -2.17. The van der Waals surface area contributed by atoms with Crippen LogP contribution in [0, 0.1) is 11.8 Å². The molecular formula is C35H40O4. The van der Waals surface area contributed by atoms with Crippen molar-refractivity contribution < 1.29 is 19.0 Å². The Hall–Kier alpha value is -3.81. The Morgan fingerprint density at radius 3 is 2.41 bits per heavy atom. The summed E-state index contributed by atoms with van der Waals surface area (Å²) in [5.41, 5.74) is 3.56. The monoisotopic (exact) mass is 524 g/mol. The average Bonchev–Trinajstić information content (AvgIpc) is 2.98. The molecule has 0 spiro atoms. The summed E-state index contributed by atoms with van der Waals surface area (Å²) in [4.78, 5) is 13.1. The molecule has 4 heteroatoms. The lowest BCUT2D eigenvalue weighted by Crippen LogP contribution is -2.13. The minimum atomic E-state index is -0.200. The molecule has 0 unspecified atom stereocenters. The first-order chi connectivity index (χ1) is 19.1. The van der Waals surface area contributed by atoms with Crippen molar-refractivity contribution in [3.63, 3.8) is 0 Å². The molecule has 0 aliphatic heterocycles. The molecule has 0 amide bonds. The van der Waals surface area contributed by atoms with E-state index in [1.165, 1.54) is 18.4 Å². The lowest BCUT2D eigenvalue weighted by molar-refractivity contribution is 0.0288. The molecule has 0 saturated carbocycles. The Kier molecular flexibility index (Phi) is 12.9. The number of carbonyl (C=O) groups excluding carboxylic acids is 1. The SMILES string of the molecule is C=CCc1c(OCc2ccc(OC)cc2)cccc1C(=O)C#CCC[C@H](CCCCC)OCc1ccccc1. The number of benzene rings is 3. The van der Waals surface area contributed by atoms with Gasteiger partial charge in [0.15, 0.2) is 0 Å². The first-order valence-corrected chi connectivity index (χ1v) is 13.8. The number of rotatable bonds is 16. The maximum Gasteiger partial charge on any atom is 0.236 e. The van der Waals surface area contributed by atoms with Crippen molar-refractivity contribution in [1.29, 1.82) is 0 Å². The van der Waals surface area contributed by atoms with Crippen LogP contribution >= 0.6 is 0 Å². The predicted molar refractivity (Wildman–Crippen MR) is 158 cm³/mol. The van der Waals surface area contributed by atoms with Crippen molar-refractivity contribution in [2.24, 2.45) is 0 Å². The number of methoxy groups -OCH3 is 1. The van der Waals surface area contributed by atoms with Gasteiger partial charge >= 0.3 is 0 Å². The molecule has 3 rings (SSSR count). The average molecular weight is 525 g/mol. The lowest BCUT2D eigenvalue weighted by atomic mass is 9.99. The molecule has 0 N–H and O–H groups in total. The number of Topliss-reactive ketones (excluding diaryl/α,β-unsaturated/α-hetero) is 1. The van der Waals surface area contributed by atoms with E-state index >= 15 is 0 Å². The van der Waals surface area contributed by atoms with Gasteiger partial charge in [0, 0.05) is 17.5 Å². The van der Waals surface area contributed by atoms with Gasteiger partial charge in [-0.15, -0.1) is 6.58 Å². The van der Waals surface area contributed by atoms with Crippen LogP contribution in [-0.4, -0.2) is 19.0 Å². The standard InChI is InChI=1S/C35H40O4/c1-4-6-8-17-31(38-26-28-15-9-7-10-16-28)18-11-12-20-34(36)32-19-13-21-35(33(32)14-5-2)39-27-29-22-24-30(37-3)25-23-29/h5,7,9-10,13,15-16,19,21-25,31H,2,4,6,8,11,14,17-18,26-27H2,1,3H3/t31-/m0/s1. The van der Waals surface area contributed by atoms with Gasteiger partial charge in [0.05, 0.1) is 19.8 Å². The van der Waals surface area contributed by atoms with E-state index in [1.807, 2.05) is 60.7 Å². The predicted octanol–water partition coefficient (Wildman–Crippen LogP) is 8.13. The molecule has 0 saturated heterocycles. The van der Waals surface area contributed by atoms with Crippen LogP contribution in [0.15, 0.2) is 85.5 Å². The number of carbonyl (C=O) groups is 1. The fourth-order valence-corrected chi connectivity index (χ4v) is 4.32. The van der Waals surface area contributed by atoms with Crippen LogP contribution in [-0.2, 0) is 24.4 Å². The second kappa shape index (κ2) is 16.9. The molecule has 39 heavy (non-hydrogen) atoms. The zero-order valence-corrected chi connectivity index (χ0v) is 23.3. The van der Waals surface area contributed by atoms with E-state index in [9.17, 15) is 4.79 Å². The van der Waals surface area contributed by atoms with Crippen molar-refractivity contribution in [2.75, 3.05) is 7.11 Å². The largest absolute Gasteiger partial charge is 0.497 e. The quantitative estimate of drug-likeness (QED) is 0.0624. The summed E-state index contributed by atoms with van der Waals surface area (Å²) in [6, 6.07) is 23.5. The van der Waals surface area contributed by atoms with Crippen LogP contribution < -0.4 is 9.47 Å². The summed E-state index contributed by atoms with van der Waals surface area (Å²) < 4.78 is 17.5. The highest BCUT2D eigenvalue weighted by molar-refractivity contribution is 6.10. The fraction of sp³-hybridized carbons (Fsp3) is 0.343. The Labute approximate surface area is 234 Å². The minimum Gasteiger partial charge on any atom is -0.497 e. The third-order valence-electron chi connectivity index (χ3n) is 6.53. The van der Waals surface area contributed by atoms with E-state index in [0.717, 1.165) is 36.1 Å². The Bertz CT molecular complexity index is 1220. The van der Waals surface area contributed by atoms with Gasteiger partial charge in [-0.2, -0.15) is 0 Å². The van der Waals surface area contributed by atoms with Crippen molar-refractivity contribution in [3.05, 3.63) is 108 Å². The summed E-state index contributed by atoms with van der Waals surface area (Å²) >= 11 is 0. The molecule has 0 aromatic heterocycles. The van der Waals surface area contributed by atoms with E-state index in [-0.39, 0.29) is 11.9 Å². The minimum absolute atomic E-state index is 0.132. The van der Waals surface area contributed by atoms with Crippen LogP contribution in [0.4, 0.5) is 0 Å². The molecule has 3 aromatic rings. The molecule has 0 aliphatic rings. The maximum absolute atomic E-state index is 13.1. The Morgan fingerprint density at radius 1 is 0.923 bits per heavy atom. The third-order valence-corrected chi connectivity index (χ3v) is 6.53. The fourth-order valence-electron chi connectivity index (χ4n) is 4.32. The number of hydrogen-bond donors (Lipinski definition) is 0. The van der Waals surface area contributed by atoms with Gasteiger partial charge in [0.2, 0.25) is 5.78 Å². The number of allylic oxidation sites excluding steroid dienone is 1. The van der Waals surface area contributed by atoms with Crippen LogP contribution in [0.25, 0.3) is 0 Å². The second-order valence-electron chi connectivity index (χ2n) is 9.50. The molecular weight excluding hydrogens is 484 g/mol. The molecule has 0 radical (unpaired) electrons. The highest BCUT2D eigenvalue weighted by atomic mass is 16.5. The first-order valence-electron chi connectivity index (χ1n) is 13.8. The second-order valence-corrected chi connectivity index (χ2v) is 9.50. The van der Waals surface area contributed by atoms with E-state index in [1.54, 1.807) is 13.2 Å². The number of unbranched alkanes of at least 4 members (excludes halogenated alkanes) is 2. The number of ketones is 1. The summed E-state index contributed by atoms with van der Waals surface area (Å²) in [5, 5.41) is 0. The van der Waals surface area contributed by atoms with Gasteiger partial charge in [-0.1, -0.05) is 86.7 Å². The Morgan fingerprint density at radius 2 is 1.69 bits per heavy atom. The summed E-state index contributed by atoms with van der Waals surface area (Å²) in [5.74, 6) is 7.23. The third kappa shape index (κ3) is 10.1. The maximum atomic E-state index is 13.1. The van der Waals surface area contributed by atoms with E-state index in [4.69, 9.17) is 14.2 Å². The molecule has 0 bridgehead atoms. The molecule has 3 aromatic carbocycles. The van der Waals surface area contributed by atoms with Gasteiger partial charge in [-0.05, 0) is 60.6 Å². The molecule has 0 fully saturated rings. The first kappa shape index (κ1) is 29.7. The highest BCUT2D eigenvalue weighted by Gasteiger charge is 2.14. The Balaban J connectivity index is 1.62. The smallest absolute Gasteiger partial charge is 0.236 e. The molecule has 0 heterocycles. The molecule has 4 nitrogen and oxygen atoms in total. The van der Waals surface area contributed by atoms with Crippen molar-refractivity contribution >= 4 is 5.78 Å². The molecule has 204 valence electrons. The normalized spacial score (nSPS) is 11.2. The van der Waals surface area contributed by atoms with Gasteiger partial charge < -0.3 is 14.2 Å². The highest BCUT2D eigenvalue weighted by Crippen LogP contribution is 2.25. The molecule has 0 aliphatic carbocycles. The molecule has 1 atom stereocenters. The van der Waals surface area contributed by atoms with Crippen LogP contribution in [0.5, 0.6) is 11.5 Å². The van der Waals surface area contributed by atoms with Crippen LogP contribution in [0.2, 0.25) is 0 Å². The van der Waals surface area contributed by atoms with E-state index < -0.39 is 0 Å².